The normalized spacial score (nSPS) is 24.0. The summed E-state index contributed by atoms with van der Waals surface area (Å²) < 4.78 is 0. The molecule has 0 aromatic rings. The molecular formula is C10H19N3OS. The second kappa shape index (κ2) is 4.06. The molecule has 4 nitrogen and oxygen atoms in total. The van der Waals surface area contributed by atoms with Crippen LogP contribution in [0.15, 0.2) is 0 Å². The Morgan fingerprint density at radius 2 is 2.07 bits per heavy atom. The maximum absolute atomic E-state index is 12.0. The number of carbonyl (C=O) groups excluding carboxylic acids is 1. The number of amides is 1. The number of nitrogens with zero attached hydrogens (tertiary/aromatic N) is 2. The second-order valence-electron chi connectivity index (χ2n) is 4.56. The van der Waals surface area contributed by atoms with E-state index in [-0.39, 0.29) is 11.9 Å². The summed E-state index contributed by atoms with van der Waals surface area (Å²) in [4.78, 5) is 16.2. The topological polar surface area (TPSA) is 49.6 Å². The average molecular weight is 229 g/mol. The van der Waals surface area contributed by atoms with Gasteiger partial charge in [0.2, 0.25) is 5.91 Å². The molecule has 0 radical (unpaired) electrons. The molecule has 1 rings (SSSR count). The van der Waals surface area contributed by atoms with Crippen LogP contribution < -0.4 is 5.73 Å². The van der Waals surface area contributed by atoms with E-state index in [1.54, 1.807) is 4.90 Å². The largest absolute Gasteiger partial charge is 0.392 e. The zero-order chi connectivity index (χ0) is 11.8. The molecule has 0 aliphatic carbocycles. The van der Waals surface area contributed by atoms with Crippen molar-refractivity contribution in [1.82, 2.24) is 9.80 Å². The average Bonchev–Trinajstić information content (AvgIpc) is 2.13. The Morgan fingerprint density at radius 1 is 1.53 bits per heavy atom. The van der Waals surface area contributed by atoms with Gasteiger partial charge in [-0.1, -0.05) is 12.2 Å². The number of nitrogens with two attached hydrogens (primary N) is 1. The summed E-state index contributed by atoms with van der Waals surface area (Å²) in [6.45, 7) is 7.32. The molecule has 15 heavy (non-hydrogen) atoms. The van der Waals surface area contributed by atoms with Gasteiger partial charge in [-0.25, -0.2) is 0 Å². The second-order valence-corrected chi connectivity index (χ2v) is 5.03. The SMILES string of the molecule is CC(C(N)=S)N1CCN(C)C(=O)C1(C)C. The van der Waals surface area contributed by atoms with Gasteiger partial charge in [-0.05, 0) is 20.8 Å². The number of rotatable bonds is 2. The predicted molar refractivity (Wildman–Crippen MR) is 64.7 cm³/mol. The van der Waals surface area contributed by atoms with Gasteiger partial charge < -0.3 is 10.6 Å². The highest BCUT2D eigenvalue weighted by Gasteiger charge is 2.42. The van der Waals surface area contributed by atoms with Crippen molar-refractivity contribution in [3.63, 3.8) is 0 Å². The third kappa shape index (κ3) is 2.13. The van der Waals surface area contributed by atoms with Crippen molar-refractivity contribution in [3.05, 3.63) is 0 Å². The van der Waals surface area contributed by atoms with E-state index >= 15 is 0 Å². The van der Waals surface area contributed by atoms with E-state index in [4.69, 9.17) is 18.0 Å². The molecule has 0 aromatic carbocycles. The van der Waals surface area contributed by atoms with Crippen LogP contribution in [0, 0.1) is 0 Å². The molecule has 0 aromatic heterocycles. The molecule has 0 saturated carbocycles. The lowest BCUT2D eigenvalue weighted by molar-refractivity contribution is -0.147. The standard InChI is InChI=1S/C10H19N3OS/c1-7(8(11)15)13-6-5-12(4)9(14)10(13,2)3/h7H,5-6H2,1-4H3,(H2,11,15). The summed E-state index contributed by atoms with van der Waals surface area (Å²) >= 11 is 4.98. The van der Waals surface area contributed by atoms with Crippen molar-refractivity contribution in [3.8, 4) is 0 Å². The minimum Gasteiger partial charge on any atom is -0.392 e. The molecule has 86 valence electrons. The zero-order valence-electron chi connectivity index (χ0n) is 9.78. The summed E-state index contributed by atoms with van der Waals surface area (Å²) in [6.07, 6.45) is 0. The zero-order valence-corrected chi connectivity index (χ0v) is 10.6. The first-order chi connectivity index (χ1) is 6.78. The summed E-state index contributed by atoms with van der Waals surface area (Å²) in [5.41, 5.74) is 5.11. The van der Waals surface area contributed by atoms with Crippen LogP contribution in [-0.4, -0.2) is 52.4 Å². The molecule has 1 amide bonds. The van der Waals surface area contributed by atoms with Crippen molar-refractivity contribution < 1.29 is 4.79 Å². The fourth-order valence-corrected chi connectivity index (χ4v) is 2.19. The molecule has 0 spiro atoms. The lowest BCUT2D eigenvalue weighted by atomic mass is 9.95. The summed E-state index contributed by atoms with van der Waals surface area (Å²) in [7, 11) is 1.83. The first-order valence-corrected chi connectivity index (χ1v) is 5.51. The van der Waals surface area contributed by atoms with E-state index in [2.05, 4.69) is 4.90 Å². The molecule has 5 heteroatoms. The Labute approximate surface area is 96.4 Å². The van der Waals surface area contributed by atoms with E-state index in [1.807, 2.05) is 27.8 Å². The van der Waals surface area contributed by atoms with Crippen molar-refractivity contribution in [2.45, 2.75) is 32.4 Å². The van der Waals surface area contributed by atoms with Crippen LogP contribution in [-0.2, 0) is 4.79 Å². The van der Waals surface area contributed by atoms with E-state index in [9.17, 15) is 4.79 Å². The predicted octanol–water partition coefficient (Wildman–Crippen LogP) is 0.214. The van der Waals surface area contributed by atoms with Gasteiger partial charge in [0, 0.05) is 20.1 Å². The number of thiocarbonyl (C=S) groups is 1. The lowest BCUT2D eigenvalue weighted by Gasteiger charge is -2.47. The fraction of sp³-hybridized carbons (Fsp3) is 0.800. The van der Waals surface area contributed by atoms with Crippen LogP contribution in [0.25, 0.3) is 0 Å². The number of likely N-dealkylation sites (N-methyl/N-ethyl adjacent to an activating group) is 1. The Balaban J connectivity index is 2.92. The highest BCUT2D eigenvalue weighted by atomic mass is 32.1. The number of piperazine rings is 1. The highest BCUT2D eigenvalue weighted by molar-refractivity contribution is 7.80. The van der Waals surface area contributed by atoms with Crippen LogP contribution >= 0.6 is 12.2 Å². The van der Waals surface area contributed by atoms with Crippen LogP contribution in [0.5, 0.6) is 0 Å². The van der Waals surface area contributed by atoms with E-state index < -0.39 is 5.54 Å². The maximum Gasteiger partial charge on any atom is 0.242 e. The monoisotopic (exact) mass is 229 g/mol. The quantitative estimate of drug-likeness (QED) is 0.688. The Morgan fingerprint density at radius 3 is 2.53 bits per heavy atom. The van der Waals surface area contributed by atoms with Crippen molar-refractivity contribution in [1.29, 1.82) is 0 Å². The van der Waals surface area contributed by atoms with Gasteiger partial charge in [-0.3, -0.25) is 9.69 Å². The number of carbonyl (C=O) groups is 1. The van der Waals surface area contributed by atoms with Gasteiger partial charge in [-0.2, -0.15) is 0 Å². The van der Waals surface area contributed by atoms with E-state index in [0.717, 1.165) is 13.1 Å². The molecule has 1 saturated heterocycles. The number of hydrogen-bond donors (Lipinski definition) is 1. The molecule has 1 atom stereocenters. The van der Waals surface area contributed by atoms with Gasteiger partial charge in [-0.15, -0.1) is 0 Å². The minimum absolute atomic E-state index is 0.0346. The smallest absolute Gasteiger partial charge is 0.242 e. The highest BCUT2D eigenvalue weighted by Crippen LogP contribution is 2.24. The van der Waals surface area contributed by atoms with Gasteiger partial charge >= 0.3 is 0 Å². The lowest BCUT2D eigenvalue weighted by Crippen LogP contribution is -2.65. The van der Waals surface area contributed by atoms with Crippen molar-refractivity contribution in [2.24, 2.45) is 5.73 Å². The maximum atomic E-state index is 12.0. The van der Waals surface area contributed by atoms with Crippen molar-refractivity contribution >= 4 is 23.1 Å². The molecule has 1 aliphatic rings. The van der Waals surface area contributed by atoms with Crippen LogP contribution in [0.2, 0.25) is 0 Å². The molecule has 1 fully saturated rings. The van der Waals surface area contributed by atoms with Crippen LogP contribution in [0.4, 0.5) is 0 Å². The first-order valence-electron chi connectivity index (χ1n) is 5.10. The van der Waals surface area contributed by atoms with Gasteiger partial charge in [0.1, 0.15) is 0 Å². The van der Waals surface area contributed by atoms with Gasteiger partial charge in [0.05, 0.1) is 16.6 Å². The Kier molecular flexibility index (Phi) is 3.35. The summed E-state index contributed by atoms with van der Waals surface area (Å²) in [5, 5.41) is 0. The third-order valence-corrected chi connectivity index (χ3v) is 3.48. The summed E-state index contributed by atoms with van der Waals surface area (Å²) in [6, 6.07) is -0.0346. The molecule has 1 heterocycles. The molecular weight excluding hydrogens is 210 g/mol. The molecule has 1 aliphatic heterocycles. The van der Waals surface area contributed by atoms with Crippen LogP contribution in [0.3, 0.4) is 0 Å². The number of hydrogen-bond acceptors (Lipinski definition) is 3. The minimum atomic E-state index is -0.518. The van der Waals surface area contributed by atoms with E-state index in [1.165, 1.54) is 0 Å². The summed E-state index contributed by atoms with van der Waals surface area (Å²) in [5.74, 6) is 0.122. The molecule has 1 unspecified atom stereocenters. The Hall–Kier alpha value is -0.680. The van der Waals surface area contributed by atoms with Gasteiger partial charge in [0.15, 0.2) is 0 Å². The van der Waals surface area contributed by atoms with Gasteiger partial charge in [0.25, 0.3) is 0 Å². The fourth-order valence-electron chi connectivity index (χ4n) is 2.06. The third-order valence-electron chi connectivity index (χ3n) is 3.14. The molecule has 2 N–H and O–H groups in total. The van der Waals surface area contributed by atoms with E-state index in [0.29, 0.717) is 4.99 Å². The van der Waals surface area contributed by atoms with Crippen molar-refractivity contribution in [2.75, 3.05) is 20.1 Å². The first kappa shape index (κ1) is 12.4. The Bertz CT molecular complexity index is 290. The van der Waals surface area contributed by atoms with Crippen LogP contribution in [0.1, 0.15) is 20.8 Å². The molecule has 0 bridgehead atoms.